The number of anilines is 1. The number of aromatic hydroxyl groups is 1. The predicted molar refractivity (Wildman–Crippen MR) is 127 cm³/mol. The van der Waals surface area contributed by atoms with Crippen LogP contribution in [0.2, 0.25) is 0 Å². The van der Waals surface area contributed by atoms with Crippen LogP contribution in [0.25, 0.3) is 16.9 Å². The molecule has 0 aromatic heterocycles. The lowest BCUT2D eigenvalue weighted by Gasteiger charge is -2.50. The number of rotatable bonds is 2. The third-order valence-electron chi connectivity index (χ3n) is 7.75. The number of phenols is 1. The van der Waals surface area contributed by atoms with Gasteiger partial charge in [0.1, 0.15) is 22.8 Å². The van der Waals surface area contributed by atoms with Crippen LogP contribution in [0.1, 0.15) is 30.4 Å². The fraction of sp³-hybridized carbons (Fsp3) is 0.269. The van der Waals surface area contributed by atoms with Crippen LogP contribution in [0.5, 0.6) is 5.75 Å². The molecule has 5 atom stereocenters. The molecule has 5 rings (SSSR count). The van der Waals surface area contributed by atoms with Gasteiger partial charge in [0.25, 0.3) is 5.91 Å². The van der Waals surface area contributed by atoms with E-state index in [1.54, 1.807) is 37.3 Å². The number of hydrogen-bond acceptors (Lipinski definition) is 9. The Bertz CT molecular complexity index is 1430. The summed E-state index contributed by atoms with van der Waals surface area (Å²) in [6.45, 7) is 1.66. The number of Topliss-reactive ketones (excluding diaryl/α,β-unsaturated/α-hetero) is 2. The minimum Gasteiger partial charge on any atom is -0.508 e. The molecule has 0 saturated heterocycles. The number of carbonyl (C=O) groups excluding carboxylic acids is 3. The minimum atomic E-state index is -2.88. The number of primary amides is 1. The minimum absolute atomic E-state index is 0.0554. The number of nitrogen functional groups attached to an aromatic ring is 1. The lowest BCUT2D eigenvalue weighted by atomic mass is 9.55. The lowest BCUT2D eigenvalue weighted by molar-refractivity contribution is -0.160. The molecule has 0 radical (unpaired) electrons. The molecule has 3 aliphatic carbocycles. The molecule has 0 spiro atoms. The van der Waals surface area contributed by atoms with Gasteiger partial charge >= 0.3 is 0 Å². The highest BCUT2D eigenvalue weighted by Crippen LogP contribution is 2.57. The Balaban J connectivity index is 1.77. The molecule has 10 nitrogen and oxygen atoms in total. The quantitative estimate of drug-likeness (QED) is 0.182. The first-order valence-electron chi connectivity index (χ1n) is 11.3. The Morgan fingerprint density at radius 3 is 2.36 bits per heavy atom. The van der Waals surface area contributed by atoms with E-state index in [1.165, 1.54) is 0 Å². The van der Waals surface area contributed by atoms with Gasteiger partial charge in [0.2, 0.25) is 5.78 Å². The Kier molecular flexibility index (Phi) is 5.03. The van der Waals surface area contributed by atoms with E-state index in [1.807, 2.05) is 6.07 Å². The molecule has 3 aliphatic rings. The summed E-state index contributed by atoms with van der Waals surface area (Å²) in [6.07, 6.45) is -2.22. The number of nitrogens with two attached hydrogens (primary N) is 2. The van der Waals surface area contributed by atoms with Gasteiger partial charge in [-0.15, -0.1) is 0 Å². The van der Waals surface area contributed by atoms with Gasteiger partial charge in [0.15, 0.2) is 11.4 Å². The van der Waals surface area contributed by atoms with Gasteiger partial charge in [-0.05, 0) is 23.1 Å². The lowest BCUT2D eigenvalue weighted by Crippen LogP contribution is -2.63. The van der Waals surface area contributed by atoms with Crippen molar-refractivity contribution in [3.8, 4) is 16.9 Å². The largest absolute Gasteiger partial charge is 0.508 e. The molecular formula is C26H24N2O8. The van der Waals surface area contributed by atoms with Crippen molar-refractivity contribution in [2.24, 2.45) is 17.6 Å². The number of fused-ring (bicyclic) bond motifs is 3. The van der Waals surface area contributed by atoms with Crippen LogP contribution in [0.3, 0.4) is 0 Å². The van der Waals surface area contributed by atoms with Crippen LogP contribution in [-0.4, -0.2) is 54.7 Å². The van der Waals surface area contributed by atoms with Crippen molar-refractivity contribution in [2.75, 3.05) is 5.73 Å². The van der Waals surface area contributed by atoms with Crippen LogP contribution < -0.4 is 11.5 Å². The van der Waals surface area contributed by atoms with Gasteiger partial charge in [-0.1, -0.05) is 37.3 Å². The number of benzene rings is 2. The summed E-state index contributed by atoms with van der Waals surface area (Å²) >= 11 is 0. The first-order chi connectivity index (χ1) is 16.9. The molecule has 9 N–H and O–H groups in total. The Labute approximate surface area is 204 Å². The van der Waals surface area contributed by atoms with E-state index in [4.69, 9.17) is 11.5 Å². The zero-order valence-electron chi connectivity index (χ0n) is 19.1. The maximum Gasteiger partial charge on any atom is 0.255 e. The highest BCUT2D eigenvalue weighted by molar-refractivity contribution is 6.23. The van der Waals surface area contributed by atoms with Gasteiger partial charge in [0, 0.05) is 29.4 Å². The summed E-state index contributed by atoms with van der Waals surface area (Å²) in [7, 11) is 0. The van der Waals surface area contributed by atoms with Gasteiger partial charge in [-0.2, -0.15) is 0 Å². The SMILES string of the molecule is CC1c2cc(-c3ccccc3)c(N)c(O)c2C(O)=C2C(=O)C3(O)C(O)=C(C(N)=O)C(=O)CC3C(O)C21. The number of aliphatic hydroxyl groups is 4. The molecule has 36 heavy (non-hydrogen) atoms. The van der Waals surface area contributed by atoms with E-state index in [-0.39, 0.29) is 11.3 Å². The summed E-state index contributed by atoms with van der Waals surface area (Å²) in [6, 6.07) is 10.6. The average molecular weight is 492 g/mol. The average Bonchev–Trinajstić information content (AvgIpc) is 2.83. The van der Waals surface area contributed by atoms with Gasteiger partial charge in [0.05, 0.1) is 17.4 Å². The first kappa shape index (κ1) is 23.6. The molecule has 0 heterocycles. The monoisotopic (exact) mass is 492 g/mol. The summed E-state index contributed by atoms with van der Waals surface area (Å²) in [5.41, 5.74) is 8.48. The molecule has 1 saturated carbocycles. The third-order valence-corrected chi connectivity index (χ3v) is 7.75. The molecule has 5 unspecified atom stereocenters. The molecule has 10 heteroatoms. The summed E-state index contributed by atoms with van der Waals surface area (Å²) in [5.74, 6) is -9.23. The van der Waals surface area contributed by atoms with E-state index in [2.05, 4.69) is 0 Å². The van der Waals surface area contributed by atoms with Crippen LogP contribution >= 0.6 is 0 Å². The van der Waals surface area contributed by atoms with Gasteiger partial charge in [-0.25, -0.2) is 0 Å². The van der Waals surface area contributed by atoms with Crippen LogP contribution in [0.4, 0.5) is 5.69 Å². The first-order valence-corrected chi connectivity index (χ1v) is 11.3. The molecular weight excluding hydrogens is 468 g/mol. The van der Waals surface area contributed by atoms with Gasteiger partial charge < -0.3 is 37.0 Å². The van der Waals surface area contributed by atoms with Crippen molar-refractivity contribution < 1.29 is 39.9 Å². The molecule has 2 aromatic rings. The van der Waals surface area contributed by atoms with Crippen molar-refractivity contribution >= 4 is 28.9 Å². The number of carbonyl (C=O) groups is 3. The fourth-order valence-corrected chi connectivity index (χ4v) is 5.93. The highest BCUT2D eigenvalue weighted by Gasteiger charge is 2.64. The van der Waals surface area contributed by atoms with E-state index in [0.717, 1.165) is 0 Å². The Morgan fingerprint density at radius 2 is 1.75 bits per heavy atom. The smallest absolute Gasteiger partial charge is 0.255 e. The topological polar surface area (TPSA) is 204 Å². The van der Waals surface area contributed by atoms with Gasteiger partial charge in [-0.3, -0.25) is 14.4 Å². The molecule has 1 amide bonds. The molecule has 2 aromatic carbocycles. The molecule has 186 valence electrons. The number of phenolic OH excluding ortho intramolecular Hbond substituents is 1. The maximum absolute atomic E-state index is 13.6. The van der Waals surface area contributed by atoms with Crippen molar-refractivity contribution in [3.05, 3.63) is 64.4 Å². The Hall–Kier alpha value is -4.15. The maximum atomic E-state index is 13.6. The molecule has 0 aliphatic heterocycles. The number of ketones is 2. The summed E-state index contributed by atoms with van der Waals surface area (Å²) < 4.78 is 0. The zero-order chi connectivity index (χ0) is 26.3. The fourth-order valence-electron chi connectivity index (χ4n) is 5.93. The van der Waals surface area contributed by atoms with E-state index in [0.29, 0.717) is 16.7 Å². The standard InChI is InChI=1S/C26H24N2O8/c1-9-11-7-12(10-5-3-2-4-6-10)19(27)22(32)16(11)21(31)18-15(9)20(30)13-8-14(29)17(25(28)35)23(33)26(13,36)24(18)34/h2-7,9,13,15,20,30-33,36H,8,27H2,1H3,(H2,28,35). The van der Waals surface area contributed by atoms with Crippen molar-refractivity contribution in [1.82, 2.24) is 0 Å². The highest BCUT2D eigenvalue weighted by atomic mass is 16.4. The second kappa shape index (κ2) is 7.67. The van der Waals surface area contributed by atoms with E-state index in [9.17, 15) is 39.9 Å². The van der Waals surface area contributed by atoms with E-state index < -0.39 is 81.8 Å². The third kappa shape index (κ3) is 2.82. The predicted octanol–water partition coefficient (Wildman–Crippen LogP) is 1.20. The van der Waals surface area contributed by atoms with Crippen LogP contribution in [-0.2, 0) is 14.4 Å². The second-order valence-corrected chi connectivity index (χ2v) is 9.50. The Morgan fingerprint density at radius 1 is 1.11 bits per heavy atom. The summed E-state index contributed by atoms with van der Waals surface area (Å²) in [4.78, 5) is 37.9. The van der Waals surface area contributed by atoms with E-state index >= 15 is 0 Å². The molecule has 1 fully saturated rings. The van der Waals surface area contributed by atoms with Crippen molar-refractivity contribution in [3.63, 3.8) is 0 Å². The van der Waals surface area contributed by atoms with Crippen molar-refractivity contribution in [1.29, 1.82) is 0 Å². The van der Waals surface area contributed by atoms with Crippen molar-refractivity contribution in [2.45, 2.75) is 31.0 Å². The van der Waals surface area contributed by atoms with Crippen LogP contribution in [0, 0.1) is 11.8 Å². The normalized spacial score (nSPS) is 29.5. The summed E-state index contributed by atoms with van der Waals surface area (Å²) in [5, 5.41) is 55.5. The number of aliphatic hydroxyl groups excluding tert-OH is 3. The number of hydrogen-bond donors (Lipinski definition) is 7. The molecule has 0 bridgehead atoms. The zero-order valence-corrected chi connectivity index (χ0v) is 19.1. The second-order valence-electron chi connectivity index (χ2n) is 9.50. The van der Waals surface area contributed by atoms with Crippen LogP contribution in [0.15, 0.2) is 53.3 Å². The number of amides is 1.